The first-order chi connectivity index (χ1) is 7.63. The van der Waals surface area contributed by atoms with Crippen molar-refractivity contribution in [2.75, 3.05) is 7.11 Å². The van der Waals surface area contributed by atoms with Crippen molar-refractivity contribution in [3.8, 4) is 0 Å². The molecule has 6 nitrogen and oxygen atoms in total. The van der Waals surface area contributed by atoms with Crippen LogP contribution >= 0.6 is 0 Å². The Morgan fingerprint density at radius 1 is 1.38 bits per heavy atom. The third-order valence-electron chi connectivity index (χ3n) is 2.36. The number of carbonyl (C=O) groups excluding carboxylic acids is 1. The number of carboxylic acids is 1. The monoisotopic (exact) mass is 222 g/mol. The van der Waals surface area contributed by atoms with E-state index in [1.54, 1.807) is 6.07 Å². The molecule has 2 rings (SSSR count). The number of hydrogen-bond donors (Lipinski definition) is 1. The standard InChI is InChI=1S/C10H10N2O4/c1-16-10(15)11-4-5-12-7(6-11)2-3-8(12)9(13)14/h2-5H,6H2,1H3,(H,13,14). The Balaban J connectivity index is 2.31. The van der Waals surface area contributed by atoms with Crippen LogP contribution in [0.25, 0.3) is 6.20 Å². The van der Waals surface area contributed by atoms with E-state index in [2.05, 4.69) is 4.74 Å². The third-order valence-corrected chi connectivity index (χ3v) is 2.36. The van der Waals surface area contributed by atoms with Crippen LogP contribution < -0.4 is 0 Å². The summed E-state index contributed by atoms with van der Waals surface area (Å²) >= 11 is 0. The van der Waals surface area contributed by atoms with E-state index in [9.17, 15) is 9.59 Å². The Labute approximate surface area is 91.3 Å². The number of aromatic nitrogens is 1. The maximum Gasteiger partial charge on any atom is 0.413 e. The van der Waals surface area contributed by atoms with Crippen molar-refractivity contribution < 1.29 is 19.4 Å². The Kier molecular flexibility index (Phi) is 2.40. The van der Waals surface area contributed by atoms with Crippen molar-refractivity contribution in [3.05, 3.63) is 29.7 Å². The highest BCUT2D eigenvalue weighted by Crippen LogP contribution is 2.18. The lowest BCUT2D eigenvalue weighted by molar-refractivity contribution is 0.0688. The fourth-order valence-electron chi connectivity index (χ4n) is 1.59. The molecule has 1 N–H and O–H groups in total. The highest BCUT2D eigenvalue weighted by Gasteiger charge is 2.20. The van der Waals surface area contributed by atoms with E-state index in [0.29, 0.717) is 6.54 Å². The minimum Gasteiger partial charge on any atom is -0.477 e. The van der Waals surface area contributed by atoms with E-state index in [1.807, 2.05) is 0 Å². The highest BCUT2D eigenvalue weighted by molar-refractivity contribution is 5.87. The van der Waals surface area contributed by atoms with Crippen molar-refractivity contribution >= 4 is 18.3 Å². The zero-order valence-electron chi connectivity index (χ0n) is 8.58. The van der Waals surface area contributed by atoms with Gasteiger partial charge in [-0.3, -0.25) is 4.90 Å². The molecule has 0 aliphatic carbocycles. The molecular formula is C10H10N2O4. The van der Waals surface area contributed by atoms with Crippen LogP contribution in [-0.2, 0) is 11.3 Å². The molecule has 0 saturated heterocycles. The minimum absolute atomic E-state index is 0.177. The predicted molar refractivity (Wildman–Crippen MR) is 54.7 cm³/mol. The average Bonchev–Trinajstić information content (AvgIpc) is 2.70. The van der Waals surface area contributed by atoms with Crippen LogP contribution in [0, 0.1) is 0 Å². The molecule has 0 unspecified atom stereocenters. The van der Waals surface area contributed by atoms with Crippen molar-refractivity contribution in [2.45, 2.75) is 6.54 Å². The van der Waals surface area contributed by atoms with Gasteiger partial charge in [0, 0.05) is 18.1 Å². The molecule has 1 amide bonds. The second-order valence-electron chi connectivity index (χ2n) is 3.28. The van der Waals surface area contributed by atoms with Gasteiger partial charge in [-0.25, -0.2) is 9.59 Å². The number of methoxy groups -OCH3 is 1. The molecule has 0 aromatic carbocycles. The van der Waals surface area contributed by atoms with Crippen LogP contribution in [0.3, 0.4) is 0 Å². The van der Waals surface area contributed by atoms with Gasteiger partial charge >= 0.3 is 12.1 Å². The van der Waals surface area contributed by atoms with E-state index < -0.39 is 12.1 Å². The maximum absolute atomic E-state index is 11.2. The lowest BCUT2D eigenvalue weighted by Gasteiger charge is -2.21. The molecule has 0 fully saturated rings. The molecule has 1 aliphatic heterocycles. The van der Waals surface area contributed by atoms with Crippen molar-refractivity contribution in [1.82, 2.24) is 9.47 Å². The summed E-state index contributed by atoms with van der Waals surface area (Å²) in [4.78, 5) is 23.5. The van der Waals surface area contributed by atoms with Crippen molar-refractivity contribution in [3.63, 3.8) is 0 Å². The van der Waals surface area contributed by atoms with E-state index in [0.717, 1.165) is 5.69 Å². The Morgan fingerprint density at radius 2 is 2.12 bits per heavy atom. The number of fused-ring (bicyclic) bond motifs is 1. The molecule has 0 spiro atoms. The summed E-state index contributed by atoms with van der Waals surface area (Å²) in [6.07, 6.45) is 2.55. The number of nitrogens with zero attached hydrogens (tertiary/aromatic N) is 2. The molecule has 0 saturated carbocycles. The van der Waals surface area contributed by atoms with Crippen LogP contribution in [0.1, 0.15) is 16.2 Å². The van der Waals surface area contributed by atoms with Gasteiger partial charge < -0.3 is 14.4 Å². The van der Waals surface area contributed by atoms with Gasteiger partial charge in [-0.1, -0.05) is 0 Å². The van der Waals surface area contributed by atoms with Gasteiger partial charge in [-0.2, -0.15) is 0 Å². The highest BCUT2D eigenvalue weighted by atomic mass is 16.5. The van der Waals surface area contributed by atoms with E-state index in [1.165, 1.54) is 35.0 Å². The second-order valence-corrected chi connectivity index (χ2v) is 3.28. The van der Waals surface area contributed by atoms with Crippen LogP contribution in [0.2, 0.25) is 0 Å². The molecule has 84 valence electrons. The number of ether oxygens (including phenoxy) is 1. The predicted octanol–water partition coefficient (Wildman–Crippen LogP) is 1.20. The summed E-state index contributed by atoms with van der Waals surface area (Å²) in [5.41, 5.74) is 0.904. The molecule has 1 aromatic rings. The van der Waals surface area contributed by atoms with Gasteiger partial charge in [0.2, 0.25) is 0 Å². The summed E-state index contributed by atoms with van der Waals surface area (Å²) in [5, 5.41) is 8.89. The van der Waals surface area contributed by atoms with Crippen molar-refractivity contribution in [1.29, 1.82) is 0 Å². The lowest BCUT2D eigenvalue weighted by Crippen LogP contribution is -2.28. The fraction of sp³-hybridized carbons (Fsp3) is 0.200. The van der Waals surface area contributed by atoms with E-state index in [-0.39, 0.29) is 5.69 Å². The zero-order chi connectivity index (χ0) is 11.7. The molecule has 1 aliphatic rings. The van der Waals surface area contributed by atoms with E-state index in [4.69, 9.17) is 5.11 Å². The Morgan fingerprint density at radius 3 is 2.75 bits per heavy atom. The topological polar surface area (TPSA) is 71.8 Å². The second kappa shape index (κ2) is 3.73. The lowest BCUT2D eigenvalue weighted by atomic mass is 10.3. The molecule has 0 bridgehead atoms. The molecule has 0 atom stereocenters. The van der Waals surface area contributed by atoms with Crippen LogP contribution in [0.15, 0.2) is 18.3 Å². The van der Waals surface area contributed by atoms with Gasteiger partial charge in [0.15, 0.2) is 0 Å². The quantitative estimate of drug-likeness (QED) is 0.774. The third kappa shape index (κ3) is 1.54. The minimum atomic E-state index is -0.998. The van der Waals surface area contributed by atoms with E-state index >= 15 is 0 Å². The Bertz CT molecular complexity index is 475. The summed E-state index contributed by atoms with van der Waals surface area (Å²) in [7, 11) is 1.30. The molecule has 0 radical (unpaired) electrons. The van der Waals surface area contributed by atoms with Crippen molar-refractivity contribution in [2.24, 2.45) is 0 Å². The van der Waals surface area contributed by atoms with Crippen LogP contribution in [0.4, 0.5) is 4.79 Å². The number of hydrogen-bond acceptors (Lipinski definition) is 3. The van der Waals surface area contributed by atoms with Gasteiger partial charge in [0.25, 0.3) is 0 Å². The Hall–Kier alpha value is -2.24. The van der Waals surface area contributed by atoms with Gasteiger partial charge in [-0.15, -0.1) is 0 Å². The van der Waals surface area contributed by atoms with Gasteiger partial charge in [-0.05, 0) is 12.1 Å². The smallest absolute Gasteiger partial charge is 0.413 e. The molecule has 16 heavy (non-hydrogen) atoms. The molecule has 1 aromatic heterocycles. The van der Waals surface area contributed by atoms with Gasteiger partial charge in [0.1, 0.15) is 5.69 Å². The largest absolute Gasteiger partial charge is 0.477 e. The average molecular weight is 222 g/mol. The number of rotatable bonds is 1. The SMILES string of the molecule is COC(=O)N1C=Cn2c(ccc2C(=O)O)C1. The zero-order valence-corrected chi connectivity index (χ0v) is 8.58. The summed E-state index contributed by atoms with van der Waals surface area (Å²) < 4.78 is 6.10. The van der Waals surface area contributed by atoms with Crippen LogP contribution in [0.5, 0.6) is 0 Å². The number of carbonyl (C=O) groups is 2. The summed E-state index contributed by atoms with van der Waals surface area (Å²) in [5.74, 6) is -0.998. The maximum atomic E-state index is 11.2. The first-order valence-electron chi connectivity index (χ1n) is 4.60. The number of amides is 1. The number of aromatic carboxylic acids is 1. The number of carboxylic acid groups (broad SMARTS) is 1. The summed E-state index contributed by atoms with van der Waals surface area (Å²) in [6, 6.07) is 3.17. The molecular weight excluding hydrogens is 212 g/mol. The molecule has 6 heteroatoms. The molecule has 2 heterocycles. The summed E-state index contributed by atoms with van der Waals surface area (Å²) in [6.45, 7) is 0.302. The first kappa shape index (κ1) is 10.3. The van der Waals surface area contributed by atoms with Gasteiger partial charge in [0.05, 0.1) is 13.7 Å². The van der Waals surface area contributed by atoms with Crippen LogP contribution in [-0.4, -0.2) is 33.7 Å². The fourth-order valence-corrected chi connectivity index (χ4v) is 1.59. The first-order valence-corrected chi connectivity index (χ1v) is 4.60. The normalized spacial score (nSPS) is 13.4.